The Balaban J connectivity index is 1.94. The fourth-order valence-corrected chi connectivity index (χ4v) is 4.09. The molecule has 0 spiro atoms. The van der Waals surface area contributed by atoms with E-state index < -0.39 is 30.1 Å². The molecular weight excluding hydrogens is 461 g/mol. The fraction of sp³-hybridized carbons (Fsp3) is 0.192. The molecule has 0 amide bonds. The van der Waals surface area contributed by atoms with Gasteiger partial charge in [-0.25, -0.2) is 4.79 Å². The predicted octanol–water partition coefficient (Wildman–Crippen LogP) is 6.16. The average Bonchev–Trinajstić information content (AvgIpc) is 3.11. The molecule has 4 aromatic rings. The first kappa shape index (κ1) is 24.0. The summed E-state index contributed by atoms with van der Waals surface area (Å²) in [4.78, 5) is 27.8. The number of rotatable bonds is 6. The molecule has 0 aliphatic rings. The Morgan fingerprint density at radius 3 is 2.20 bits per heavy atom. The summed E-state index contributed by atoms with van der Waals surface area (Å²) in [7, 11) is 0. The highest BCUT2D eigenvalue weighted by atomic mass is 19.4. The van der Waals surface area contributed by atoms with Crippen LogP contribution in [-0.4, -0.2) is 31.7 Å². The summed E-state index contributed by atoms with van der Waals surface area (Å²) >= 11 is 0. The maximum absolute atomic E-state index is 12.9. The van der Waals surface area contributed by atoms with E-state index in [0.29, 0.717) is 16.8 Å². The standard InChI is InChI=1S/C26H21F3N2O4/c1-14(2)15-3-7-18(8-4-15)31-21-10-5-16(20-9-6-17(13-30-20)26(27,28)29)11-19(21)24(25(34)35)22(31)12-23(32)33/h3-11,13-14H,12H2,1-2H3,(H,32,33)(H,34,35). The topological polar surface area (TPSA) is 92.4 Å². The molecule has 6 nitrogen and oxygen atoms in total. The molecular formula is C26H21F3N2O4. The molecule has 0 fully saturated rings. The zero-order valence-corrected chi connectivity index (χ0v) is 18.8. The molecule has 0 saturated heterocycles. The third kappa shape index (κ3) is 4.62. The number of alkyl halides is 3. The lowest BCUT2D eigenvalue weighted by molar-refractivity contribution is -0.138. The summed E-state index contributed by atoms with van der Waals surface area (Å²) in [6.45, 7) is 4.07. The van der Waals surface area contributed by atoms with Crippen LogP contribution in [0.2, 0.25) is 0 Å². The van der Waals surface area contributed by atoms with E-state index in [-0.39, 0.29) is 28.3 Å². The van der Waals surface area contributed by atoms with E-state index in [1.165, 1.54) is 12.1 Å². The number of fused-ring (bicyclic) bond motifs is 1. The lowest BCUT2D eigenvalue weighted by Gasteiger charge is -2.12. The Morgan fingerprint density at radius 2 is 1.69 bits per heavy atom. The third-order valence-corrected chi connectivity index (χ3v) is 5.80. The maximum atomic E-state index is 12.9. The number of aromatic carboxylic acids is 1. The van der Waals surface area contributed by atoms with Gasteiger partial charge in [-0.05, 0) is 47.9 Å². The number of pyridine rings is 1. The van der Waals surface area contributed by atoms with Gasteiger partial charge in [-0.15, -0.1) is 0 Å². The van der Waals surface area contributed by atoms with Gasteiger partial charge in [0.05, 0.1) is 28.8 Å². The van der Waals surface area contributed by atoms with Crippen molar-refractivity contribution in [3.05, 3.63) is 83.2 Å². The lowest BCUT2D eigenvalue weighted by Crippen LogP contribution is -2.11. The second kappa shape index (κ2) is 8.90. The van der Waals surface area contributed by atoms with Gasteiger partial charge in [0.1, 0.15) is 0 Å². The van der Waals surface area contributed by atoms with E-state index in [1.54, 1.807) is 28.8 Å². The Labute approximate surface area is 198 Å². The average molecular weight is 482 g/mol. The van der Waals surface area contributed by atoms with Gasteiger partial charge in [-0.2, -0.15) is 13.2 Å². The van der Waals surface area contributed by atoms with Crippen molar-refractivity contribution in [1.82, 2.24) is 9.55 Å². The molecule has 0 atom stereocenters. The molecule has 0 radical (unpaired) electrons. The van der Waals surface area contributed by atoms with Crippen LogP contribution in [-0.2, 0) is 17.4 Å². The van der Waals surface area contributed by atoms with Crippen LogP contribution in [0, 0.1) is 0 Å². The Morgan fingerprint density at radius 1 is 1.00 bits per heavy atom. The molecule has 0 unspecified atom stereocenters. The lowest BCUT2D eigenvalue weighted by atomic mass is 10.0. The monoisotopic (exact) mass is 482 g/mol. The van der Waals surface area contributed by atoms with Crippen molar-refractivity contribution in [1.29, 1.82) is 0 Å². The van der Waals surface area contributed by atoms with E-state index in [0.717, 1.165) is 17.8 Å². The molecule has 9 heteroatoms. The van der Waals surface area contributed by atoms with Crippen LogP contribution in [0.1, 0.15) is 46.9 Å². The van der Waals surface area contributed by atoms with Gasteiger partial charge in [0.2, 0.25) is 0 Å². The number of benzene rings is 2. The molecule has 0 saturated carbocycles. The molecule has 0 aliphatic carbocycles. The minimum atomic E-state index is -4.53. The Hall–Kier alpha value is -4.14. The highest BCUT2D eigenvalue weighted by Gasteiger charge is 2.31. The van der Waals surface area contributed by atoms with Crippen molar-refractivity contribution >= 4 is 22.8 Å². The van der Waals surface area contributed by atoms with Gasteiger partial charge in [-0.1, -0.05) is 32.0 Å². The van der Waals surface area contributed by atoms with Crippen LogP contribution in [0.5, 0.6) is 0 Å². The quantitative estimate of drug-likeness (QED) is 0.343. The summed E-state index contributed by atoms with van der Waals surface area (Å²) in [5.74, 6) is -2.22. The van der Waals surface area contributed by atoms with Gasteiger partial charge in [-0.3, -0.25) is 9.78 Å². The molecule has 35 heavy (non-hydrogen) atoms. The van der Waals surface area contributed by atoms with Crippen LogP contribution in [0.15, 0.2) is 60.8 Å². The highest BCUT2D eigenvalue weighted by Crippen LogP contribution is 2.35. The Kier molecular flexibility index (Phi) is 6.10. The zero-order valence-electron chi connectivity index (χ0n) is 18.8. The summed E-state index contributed by atoms with van der Waals surface area (Å²) in [6.07, 6.45) is -4.34. The fourth-order valence-electron chi connectivity index (χ4n) is 4.09. The molecule has 2 heterocycles. The van der Waals surface area contributed by atoms with Gasteiger partial charge in [0.15, 0.2) is 0 Å². The number of halogens is 3. The summed E-state index contributed by atoms with van der Waals surface area (Å²) in [6, 6.07) is 14.3. The summed E-state index contributed by atoms with van der Waals surface area (Å²) in [5, 5.41) is 19.8. The summed E-state index contributed by atoms with van der Waals surface area (Å²) < 4.78 is 40.3. The molecule has 0 bridgehead atoms. The van der Waals surface area contributed by atoms with Crippen molar-refractivity contribution < 1.29 is 33.0 Å². The van der Waals surface area contributed by atoms with E-state index in [2.05, 4.69) is 4.98 Å². The van der Waals surface area contributed by atoms with E-state index >= 15 is 0 Å². The maximum Gasteiger partial charge on any atom is 0.417 e. The highest BCUT2D eigenvalue weighted by molar-refractivity contribution is 6.07. The van der Waals surface area contributed by atoms with Crippen LogP contribution in [0.25, 0.3) is 27.8 Å². The zero-order chi connectivity index (χ0) is 25.5. The van der Waals surface area contributed by atoms with Crippen molar-refractivity contribution in [2.75, 3.05) is 0 Å². The first-order chi connectivity index (χ1) is 16.5. The van der Waals surface area contributed by atoms with Crippen LogP contribution in [0.4, 0.5) is 13.2 Å². The minimum Gasteiger partial charge on any atom is -0.481 e. The second-order valence-electron chi connectivity index (χ2n) is 8.44. The van der Waals surface area contributed by atoms with E-state index in [9.17, 15) is 33.0 Å². The SMILES string of the molecule is CC(C)c1ccc(-n2c(CC(=O)O)c(C(=O)O)c3cc(-c4ccc(C(F)(F)F)cn4)ccc32)cc1. The molecule has 180 valence electrons. The number of carboxylic acids is 2. The number of nitrogens with zero attached hydrogens (tertiary/aromatic N) is 2. The first-order valence-corrected chi connectivity index (χ1v) is 10.7. The number of aliphatic carboxylic acids is 1. The molecule has 2 N–H and O–H groups in total. The molecule has 4 rings (SSSR count). The van der Waals surface area contributed by atoms with Gasteiger partial charge >= 0.3 is 18.1 Å². The smallest absolute Gasteiger partial charge is 0.417 e. The van der Waals surface area contributed by atoms with Gasteiger partial charge in [0, 0.05) is 28.5 Å². The van der Waals surface area contributed by atoms with Crippen molar-refractivity contribution in [3.8, 4) is 16.9 Å². The van der Waals surface area contributed by atoms with Crippen molar-refractivity contribution in [3.63, 3.8) is 0 Å². The number of carbonyl (C=O) groups is 2. The molecule has 2 aromatic carbocycles. The second-order valence-corrected chi connectivity index (χ2v) is 8.44. The number of hydrogen-bond acceptors (Lipinski definition) is 3. The number of hydrogen-bond donors (Lipinski definition) is 2. The third-order valence-electron chi connectivity index (χ3n) is 5.80. The van der Waals surface area contributed by atoms with E-state index in [1.807, 2.05) is 26.0 Å². The van der Waals surface area contributed by atoms with Crippen molar-refractivity contribution in [2.45, 2.75) is 32.4 Å². The van der Waals surface area contributed by atoms with Crippen LogP contribution < -0.4 is 0 Å². The number of carboxylic acid groups (broad SMARTS) is 2. The largest absolute Gasteiger partial charge is 0.481 e. The number of aromatic nitrogens is 2. The van der Waals surface area contributed by atoms with Crippen LogP contribution >= 0.6 is 0 Å². The normalized spacial score (nSPS) is 11.8. The molecule has 2 aromatic heterocycles. The summed E-state index contributed by atoms with van der Waals surface area (Å²) in [5.41, 5.74) is 1.79. The molecule has 0 aliphatic heterocycles. The van der Waals surface area contributed by atoms with Crippen LogP contribution in [0.3, 0.4) is 0 Å². The van der Waals surface area contributed by atoms with Crippen molar-refractivity contribution in [2.24, 2.45) is 0 Å². The van der Waals surface area contributed by atoms with Gasteiger partial charge < -0.3 is 14.8 Å². The minimum absolute atomic E-state index is 0.0924. The predicted molar refractivity (Wildman–Crippen MR) is 124 cm³/mol. The van der Waals surface area contributed by atoms with E-state index in [4.69, 9.17) is 0 Å². The Bertz CT molecular complexity index is 1420. The first-order valence-electron chi connectivity index (χ1n) is 10.7. The van der Waals surface area contributed by atoms with Gasteiger partial charge in [0.25, 0.3) is 0 Å².